The standard InChI is InChI=1S/C6H7NO8S4/c1-2-3-7-6(19(7,14)15)5(18(6,12)13)4(16(8)9)17(5,10)11/h2-3H2,1H3. The third-order valence-corrected chi connectivity index (χ3v) is 14.9. The summed E-state index contributed by atoms with van der Waals surface area (Å²) in [4.78, 5) is 0. The van der Waals surface area contributed by atoms with Crippen molar-refractivity contribution in [3.05, 3.63) is 0 Å². The fourth-order valence-electron chi connectivity index (χ4n) is 2.71. The van der Waals surface area contributed by atoms with E-state index >= 15 is 0 Å². The van der Waals surface area contributed by atoms with E-state index in [9.17, 15) is 33.7 Å². The van der Waals surface area contributed by atoms with E-state index in [1.807, 2.05) is 0 Å². The summed E-state index contributed by atoms with van der Waals surface area (Å²) in [6, 6.07) is 0. The van der Waals surface area contributed by atoms with E-state index in [0.29, 0.717) is 4.31 Å². The summed E-state index contributed by atoms with van der Waals surface area (Å²) < 4.78 is 86.2. The molecule has 0 saturated carbocycles. The molecule has 0 amide bonds. The maximum absolute atomic E-state index is 11.9. The quantitative estimate of drug-likeness (QED) is 0.386. The van der Waals surface area contributed by atoms with Gasteiger partial charge in [-0.2, -0.15) is 12.7 Å². The molecule has 0 bridgehead atoms. The lowest BCUT2D eigenvalue weighted by molar-refractivity contribution is 0.514. The van der Waals surface area contributed by atoms with Crippen LogP contribution in [0.15, 0.2) is 0 Å². The van der Waals surface area contributed by atoms with E-state index in [1.54, 1.807) is 6.92 Å². The summed E-state index contributed by atoms with van der Waals surface area (Å²) in [5.74, 6) is 0. The minimum atomic E-state index is -4.61. The van der Waals surface area contributed by atoms with Crippen LogP contribution in [0.1, 0.15) is 13.3 Å². The zero-order valence-corrected chi connectivity index (χ0v) is 12.5. The molecule has 0 aromatic carbocycles. The smallest absolute Gasteiger partial charge is 0.223 e. The Bertz CT molecular complexity index is 960. The van der Waals surface area contributed by atoms with Crippen molar-refractivity contribution in [2.45, 2.75) is 21.6 Å². The predicted octanol–water partition coefficient (Wildman–Crippen LogP) is -2.74. The van der Waals surface area contributed by atoms with Crippen molar-refractivity contribution in [1.29, 1.82) is 0 Å². The van der Waals surface area contributed by atoms with Crippen LogP contribution in [0.25, 0.3) is 0 Å². The van der Waals surface area contributed by atoms with Gasteiger partial charge in [-0.3, -0.25) is 0 Å². The third-order valence-electron chi connectivity index (χ3n) is 3.48. The number of fused-ring (bicyclic) bond motifs is 1. The molecular weight excluding hydrogens is 342 g/mol. The molecule has 3 atom stereocenters. The predicted molar refractivity (Wildman–Crippen MR) is 63.1 cm³/mol. The largest absolute Gasteiger partial charge is 0.295 e. The van der Waals surface area contributed by atoms with Crippen molar-refractivity contribution in [3.8, 4) is 0 Å². The Hall–Kier alpha value is -0.500. The molecule has 3 fully saturated rings. The zero-order valence-electron chi connectivity index (χ0n) is 9.26. The fraction of sp³-hybridized carbons (Fsp3) is 0.833. The second kappa shape index (κ2) is 2.90. The average Bonchev–Trinajstić information content (AvgIpc) is 3.02. The lowest BCUT2D eigenvalue weighted by Crippen LogP contribution is -2.10. The molecule has 9 nitrogen and oxygen atoms in total. The summed E-state index contributed by atoms with van der Waals surface area (Å²) in [6.07, 6.45) is 0.280. The molecule has 13 heteroatoms. The lowest BCUT2D eigenvalue weighted by atomic mass is 10.4. The van der Waals surface area contributed by atoms with Crippen LogP contribution in [0.2, 0.25) is 0 Å². The lowest BCUT2D eigenvalue weighted by Gasteiger charge is -1.88. The molecular formula is C6H7NO8S4. The molecule has 3 saturated heterocycles. The minimum Gasteiger partial charge on any atom is -0.223 e. The zero-order chi connectivity index (χ0) is 14.6. The Labute approximate surface area is 110 Å². The van der Waals surface area contributed by atoms with Crippen LogP contribution in [-0.4, -0.2) is 57.0 Å². The van der Waals surface area contributed by atoms with Gasteiger partial charge in [0.25, 0.3) is 18.3 Å². The summed E-state index contributed by atoms with van der Waals surface area (Å²) in [7, 11) is -16.8. The van der Waals surface area contributed by atoms with Gasteiger partial charge in [0, 0.05) is 6.54 Å². The Kier molecular flexibility index (Phi) is 2.06. The van der Waals surface area contributed by atoms with Crippen LogP contribution >= 0.6 is 0 Å². The first-order valence-electron chi connectivity index (χ1n) is 4.99. The summed E-state index contributed by atoms with van der Waals surface area (Å²) in [6.45, 7) is 1.42. The molecule has 0 aromatic rings. The molecule has 3 aliphatic heterocycles. The van der Waals surface area contributed by atoms with Crippen LogP contribution in [0, 0.1) is 0 Å². The van der Waals surface area contributed by atoms with Gasteiger partial charge in [-0.05, 0) is 6.42 Å². The SMILES string of the molecule is CCCN1C2(C3(C(=S(=O)=O)S3(=O)=O)S2(=O)=O)S1(=O)=O. The van der Waals surface area contributed by atoms with E-state index in [4.69, 9.17) is 0 Å². The van der Waals surface area contributed by atoms with Gasteiger partial charge in [-0.25, -0.2) is 25.3 Å². The second-order valence-electron chi connectivity index (χ2n) is 4.30. The van der Waals surface area contributed by atoms with Gasteiger partial charge in [0.1, 0.15) is 0 Å². The van der Waals surface area contributed by atoms with E-state index in [0.717, 1.165) is 0 Å². The van der Waals surface area contributed by atoms with Gasteiger partial charge < -0.3 is 0 Å². The monoisotopic (exact) mass is 349 g/mol. The summed E-state index contributed by atoms with van der Waals surface area (Å²) >= 11 is 0. The van der Waals surface area contributed by atoms with Crippen molar-refractivity contribution >= 4 is 44.2 Å². The van der Waals surface area contributed by atoms with Gasteiger partial charge in [-0.15, -0.1) is 0 Å². The minimum absolute atomic E-state index is 0.169. The number of sulfone groups is 2. The first kappa shape index (κ1) is 13.5. The maximum atomic E-state index is 11.9. The second-order valence-corrected chi connectivity index (χ2v) is 12.2. The Morgan fingerprint density at radius 3 is 2.00 bits per heavy atom. The van der Waals surface area contributed by atoms with Crippen molar-refractivity contribution in [2.75, 3.05) is 6.54 Å². The first-order chi connectivity index (χ1) is 8.51. The summed E-state index contributed by atoms with van der Waals surface area (Å²) in [5.41, 5.74) is 0. The average molecular weight is 349 g/mol. The van der Waals surface area contributed by atoms with Crippen molar-refractivity contribution < 1.29 is 33.7 Å². The highest BCUT2D eigenvalue weighted by Gasteiger charge is 3.18. The Morgan fingerprint density at radius 1 is 1.11 bits per heavy atom. The van der Waals surface area contributed by atoms with E-state index < -0.39 is 52.5 Å². The van der Waals surface area contributed by atoms with Gasteiger partial charge in [0.05, 0.1) is 0 Å². The molecule has 3 aliphatic rings. The molecule has 0 N–H and O–H groups in total. The van der Waals surface area contributed by atoms with Crippen molar-refractivity contribution in [2.24, 2.45) is 0 Å². The molecule has 108 valence electrons. The van der Waals surface area contributed by atoms with Gasteiger partial charge in [0.2, 0.25) is 34.2 Å². The third kappa shape index (κ3) is 0.870. The van der Waals surface area contributed by atoms with Crippen molar-refractivity contribution in [3.63, 3.8) is 0 Å². The molecule has 0 aromatic heterocycles. The highest BCUT2D eigenvalue weighted by Crippen LogP contribution is 2.82. The topological polar surface area (TPSA) is 140 Å². The summed E-state index contributed by atoms with van der Waals surface area (Å²) in [5, 5.41) is 0. The molecule has 3 unspecified atom stereocenters. The van der Waals surface area contributed by atoms with Crippen LogP contribution < -0.4 is 0 Å². The number of sulfonamides is 1. The van der Waals surface area contributed by atoms with E-state index in [2.05, 4.69) is 0 Å². The van der Waals surface area contributed by atoms with E-state index in [-0.39, 0.29) is 13.0 Å². The van der Waals surface area contributed by atoms with Crippen LogP contribution in [0.3, 0.4) is 0 Å². The molecule has 3 heterocycles. The van der Waals surface area contributed by atoms with E-state index in [1.165, 1.54) is 0 Å². The van der Waals surface area contributed by atoms with Gasteiger partial charge in [-0.1, -0.05) is 6.92 Å². The van der Waals surface area contributed by atoms with Crippen LogP contribution in [0.4, 0.5) is 0 Å². The molecule has 2 spiro atoms. The van der Waals surface area contributed by atoms with Crippen LogP contribution in [0.5, 0.6) is 0 Å². The molecule has 0 radical (unpaired) electrons. The molecule has 3 rings (SSSR count). The number of nitrogens with zero attached hydrogens (tertiary/aromatic N) is 1. The molecule has 0 aliphatic carbocycles. The maximum Gasteiger partial charge on any atom is 0.295 e. The van der Waals surface area contributed by atoms with Gasteiger partial charge in [0.15, 0.2) is 0 Å². The highest BCUT2D eigenvalue weighted by atomic mass is 32.3. The highest BCUT2D eigenvalue weighted by molar-refractivity contribution is 8.46. The molecule has 19 heavy (non-hydrogen) atoms. The van der Waals surface area contributed by atoms with Gasteiger partial charge >= 0.3 is 0 Å². The normalized spacial score (nSPS) is 46.2. The Morgan fingerprint density at radius 2 is 1.63 bits per heavy atom. The fourth-order valence-corrected chi connectivity index (χ4v) is 16.9. The number of hydrogen-bond donors (Lipinski definition) is 0. The van der Waals surface area contributed by atoms with Crippen molar-refractivity contribution in [1.82, 2.24) is 4.31 Å². The number of hydrogen-bond acceptors (Lipinski definition) is 8. The van der Waals surface area contributed by atoms with Crippen LogP contribution in [-0.2, 0) is 40.0 Å². The number of rotatable bonds is 2. The Balaban J connectivity index is 2.37. The first-order valence-corrected chi connectivity index (χ1v) is 10.5.